The molecule has 1 rings (SSSR count). The van der Waals surface area contributed by atoms with E-state index in [0.717, 1.165) is 19.4 Å². The zero-order valence-electron chi connectivity index (χ0n) is 8.34. The van der Waals surface area contributed by atoms with Gasteiger partial charge in [0.1, 0.15) is 6.61 Å². The number of hydrogen-bond donors (Lipinski definition) is 0. The minimum atomic E-state index is -0.328. The molecule has 0 aliphatic carbocycles. The molecule has 1 unspecified atom stereocenters. The summed E-state index contributed by atoms with van der Waals surface area (Å²) in [6.07, 6.45) is 2.16. The summed E-state index contributed by atoms with van der Waals surface area (Å²) in [5.74, 6) is -0.328. The summed E-state index contributed by atoms with van der Waals surface area (Å²) < 4.78 is 10.2. The Hall–Kier alpha value is -0.830. The summed E-state index contributed by atoms with van der Waals surface area (Å²) in [4.78, 5) is 10.9. The lowest BCUT2D eigenvalue weighted by atomic mass is 10.2. The predicted octanol–water partition coefficient (Wildman–Crippen LogP) is 1.73. The molecule has 0 saturated carbocycles. The summed E-state index contributed by atoms with van der Waals surface area (Å²) in [5, 5.41) is 0. The Kier molecular flexibility index (Phi) is 5.39. The van der Waals surface area contributed by atoms with Crippen LogP contribution < -0.4 is 0 Å². The molecule has 1 aliphatic rings. The topological polar surface area (TPSA) is 35.5 Å². The molecule has 3 heteroatoms. The molecule has 3 nitrogen and oxygen atoms in total. The molecule has 0 aromatic rings. The second-order valence-electron chi connectivity index (χ2n) is 3.01. The van der Waals surface area contributed by atoms with Crippen molar-refractivity contribution in [3.8, 4) is 0 Å². The largest absolute Gasteiger partial charge is 0.460 e. The van der Waals surface area contributed by atoms with Gasteiger partial charge in [-0.2, -0.15) is 0 Å². The summed E-state index contributed by atoms with van der Waals surface area (Å²) in [6.45, 7) is 6.28. The van der Waals surface area contributed by atoms with Crippen molar-refractivity contribution in [2.24, 2.45) is 0 Å². The van der Waals surface area contributed by atoms with Crippen molar-refractivity contribution in [3.63, 3.8) is 0 Å². The fraction of sp³-hybridized carbons (Fsp3) is 0.600. The van der Waals surface area contributed by atoms with Gasteiger partial charge in [0.25, 0.3) is 0 Å². The lowest BCUT2D eigenvalue weighted by molar-refractivity contribution is -0.142. The Morgan fingerprint density at radius 2 is 2.38 bits per heavy atom. The Morgan fingerprint density at radius 1 is 1.69 bits per heavy atom. The second kappa shape index (κ2) is 5.75. The van der Waals surface area contributed by atoms with E-state index >= 15 is 0 Å². The molecule has 0 spiro atoms. The van der Waals surface area contributed by atoms with E-state index in [0.29, 0.717) is 12.2 Å². The molecule has 1 heterocycles. The molecule has 0 amide bonds. The number of carbonyl (C=O) groups is 1. The van der Waals surface area contributed by atoms with E-state index in [1.165, 1.54) is 0 Å². The van der Waals surface area contributed by atoms with Gasteiger partial charge in [0.2, 0.25) is 0 Å². The average Bonchev–Trinajstić information content (AvgIpc) is 2.51. The van der Waals surface area contributed by atoms with Gasteiger partial charge in [-0.1, -0.05) is 14.0 Å². The molecule has 0 bridgehead atoms. The first-order valence-electron chi connectivity index (χ1n) is 4.14. The van der Waals surface area contributed by atoms with Gasteiger partial charge in [-0.05, 0) is 19.8 Å². The summed E-state index contributed by atoms with van der Waals surface area (Å²) in [5.41, 5.74) is 0.438. The van der Waals surface area contributed by atoms with Crippen molar-refractivity contribution < 1.29 is 14.3 Å². The van der Waals surface area contributed by atoms with Crippen LogP contribution in [0.15, 0.2) is 12.2 Å². The molecular formula is C10H17O3. The molecule has 1 radical (unpaired) electrons. The highest BCUT2D eigenvalue weighted by Crippen LogP contribution is 2.12. The molecular weight excluding hydrogens is 168 g/mol. The zero-order chi connectivity index (χ0) is 8.97. The van der Waals surface area contributed by atoms with Crippen LogP contribution in [0.3, 0.4) is 0 Å². The van der Waals surface area contributed by atoms with E-state index < -0.39 is 0 Å². The van der Waals surface area contributed by atoms with Gasteiger partial charge in [0.05, 0.1) is 6.10 Å². The quantitative estimate of drug-likeness (QED) is 0.496. The highest BCUT2D eigenvalue weighted by Gasteiger charge is 2.17. The molecule has 75 valence electrons. The molecule has 1 fully saturated rings. The van der Waals surface area contributed by atoms with E-state index in [9.17, 15) is 4.79 Å². The zero-order valence-corrected chi connectivity index (χ0v) is 8.34. The summed E-state index contributed by atoms with van der Waals surface area (Å²) in [6, 6.07) is 0. The Labute approximate surface area is 79.7 Å². The van der Waals surface area contributed by atoms with Gasteiger partial charge >= 0.3 is 5.97 Å². The minimum Gasteiger partial charge on any atom is -0.460 e. The Morgan fingerprint density at radius 3 is 2.85 bits per heavy atom. The van der Waals surface area contributed by atoms with E-state index in [4.69, 9.17) is 9.47 Å². The van der Waals surface area contributed by atoms with E-state index in [-0.39, 0.29) is 19.5 Å². The van der Waals surface area contributed by atoms with Gasteiger partial charge in [-0.25, -0.2) is 4.79 Å². The molecule has 1 aliphatic heterocycles. The number of ether oxygens (including phenoxy) is 2. The maximum atomic E-state index is 10.9. The van der Waals surface area contributed by atoms with Crippen LogP contribution in [0.5, 0.6) is 0 Å². The maximum Gasteiger partial charge on any atom is 0.333 e. The first kappa shape index (κ1) is 12.2. The first-order chi connectivity index (χ1) is 5.70. The van der Waals surface area contributed by atoms with Crippen LogP contribution in [0.2, 0.25) is 0 Å². The van der Waals surface area contributed by atoms with E-state index in [1.54, 1.807) is 6.92 Å². The fourth-order valence-electron chi connectivity index (χ4n) is 1.07. The van der Waals surface area contributed by atoms with Crippen LogP contribution in [0.4, 0.5) is 0 Å². The number of hydrogen-bond acceptors (Lipinski definition) is 3. The van der Waals surface area contributed by atoms with Crippen LogP contribution in [0, 0.1) is 7.43 Å². The SMILES string of the molecule is C=C(C)C(=O)OCC1CCCO1.[CH3]. The predicted molar refractivity (Wildman–Crippen MR) is 51.2 cm³/mol. The minimum absolute atomic E-state index is 0. The van der Waals surface area contributed by atoms with Crippen molar-refractivity contribution in [2.75, 3.05) is 13.2 Å². The van der Waals surface area contributed by atoms with Gasteiger partial charge in [0, 0.05) is 12.2 Å². The smallest absolute Gasteiger partial charge is 0.333 e. The highest BCUT2D eigenvalue weighted by atomic mass is 16.6. The average molecular weight is 185 g/mol. The first-order valence-corrected chi connectivity index (χ1v) is 4.14. The van der Waals surface area contributed by atoms with Crippen molar-refractivity contribution in [2.45, 2.75) is 25.9 Å². The monoisotopic (exact) mass is 185 g/mol. The highest BCUT2D eigenvalue weighted by molar-refractivity contribution is 5.86. The van der Waals surface area contributed by atoms with E-state index in [2.05, 4.69) is 6.58 Å². The van der Waals surface area contributed by atoms with Crippen molar-refractivity contribution in [3.05, 3.63) is 19.6 Å². The molecule has 1 saturated heterocycles. The normalized spacial score (nSPS) is 20.5. The van der Waals surface area contributed by atoms with Gasteiger partial charge in [-0.3, -0.25) is 0 Å². The van der Waals surface area contributed by atoms with Crippen molar-refractivity contribution in [1.29, 1.82) is 0 Å². The molecule has 0 aromatic heterocycles. The summed E-state index contributed by atoms with van der Waals surface area (Å²) >= 11 is 0. The lowest BCUT2D eigenvalue weighted by Crippen LogP contribution is -2.17. The van der Waals surface area contributed by atoms with E-state index in [1.807, 2.05) is 0 Å². The third-order valence-corrected chi connectivity index (χ3v) is 1.77. The van der Waals surface area contributed by atoms with Crippen LogP contribution in [0.25, 0.3) is 0 Å². The standard InChI is InChI=1S/C9H14O3.CH3/c1-7(2)9(10)12-6-8-4-3-5-11-8;/h8H,1,3-6H2,2H3;1H3. The third-order valence-electron chi connectivity index (χ3n) is 1.77. The van der Waals surface area contributed by atoms with Crippen LogP contribution >= 0.6 is 0 Å². The van der Waals surface area contributed by atoms with Gasteiger partial charge in [-0.15, -0.1) is 0 Å². The Bertz CT molecular complexity index is 181. The number of carbonyl (C=O) groups excluding carboxylic acids is 1. The number of esters is 1. The van der Waals surface area contributed by atoms with Crippen LogP contribution in [-0.2, 0) is 14.3 Å². The van der Waals surface area contributed by atoms with Gasteiger partial charge < -0.3 is 9.47 Å². The summed E-state index contributed by atoms with van der Waals surface area (Å²) in [7, 11) is 0. The molecule has 1 atom stereocenters. The fourth-order valence-corrected chi connectivity index (χ4v) is 1.07. The van der Waals surface area contributed by atoms with Crippen molar-refractivity contribution >= 4 is 5.97 Å². The second-order valence-corrected chi connectivity index (χ2v) is 3.01. The lowest BCUT2D eigenvalue weighted by Gasteiger charge is -2.09. The van der Waals surface area contributed by atoms with Crippen LogP contribution in [0.1, 0.15) is 19.8 Å². The van der Waals surface area contributed by atoms with Crippen LogP contribution in [-0.4, -0.2) is 25.3 Å². The number of rotatable bonds is 3. The third kappa shape index (κ3) is 4.08. The van der Waals surface area contributed by atoms with Crippen molar-refractivity contribution in [1.82, 2.24) is 0 Å². The molecule has 13 heavy (non-hydrogen) atoms. The Balaban J connectivity index is 0.00000144. The van der Waals surface area contributed by atoms with Gasteiger partial charge in [0.15, 0.2) is 0 Å². The maximum absolute atomic E-state index is 10.9. The molecule has 0 N–H and O–H groups in total. The molecule has 0 aromatic carbocycles.